The van der Waals surface area contributed by atoms with E-state index in [1.54, 1.807) is 12.1 Å². The number of rotatable bonds is 3. The summed E-state index contributed by atoms with van der Waals surface area (Å²) in [6, 6.07) is 5.38. The van der Waals surface area contributed by atoms with E-state index in [4.69, 9.17) is 10.5 Å². The zero-order valence-electron chi connectivity index (χ0n) is 15.4. The maximum atomic E-state index is 13.4. The zero-order valence-corrected chi connectivity index (χ0v) is 15.4. The number of carbonyl (C=O) groups excluding carboxylic acids is 1. The first-order valence-corrected chi connectivity index (χ1v) is 9.53. The Morgan fingerprint density at radius 1 is 1.22 bits per heavy atom. The number of H-pyrrole nitrogens is 1. The number of nitrogens with one attached hydrogen (secondary N) is 1. The van der Waals surface area contributed by atoms with Crippen molar-refractivity contribution in [3.63, 3.8) is 0 Å². The number of aromatic amines is 1. The fourth-order valence-corrected chi connectivity index (χ4v) is 4.24. The monoisotopic (exact) mass is 374 g/mol. The zero-order chi connectivity index (χ0) is 19.2. The van der Waals surface area contributed by atoms with E-state index in [0.717, 1.165) is 40.9 Å². The lowest BCUT2D eigenvalue weighted by molar-refractivity contribution is -0.0581. The fourth-order valence-electron chi connectivity index (χ4n) is 4.24. The summed E-state index contributed by atoms with van der Waals surface area (Å²) in [4.78, 5) is 15.7. The van der Waals surface area contributed by atoms with Gasteiger partial charge in [0.05, 0.1) is 11.8 Å². The number of anilines is 1. The number of aromatic nitrogens is 1. The molecule has 0 unspecified atom stereocenters. The normalized spacial score (nSPS) is 19.7. The summed E-state index contributed by atoms with van der Waals surface area (Å²) < 4.78 is 33.0. The summed E-state index contributed by atoms with van der Waals surface area (Å²) in [7, 11) is 0. The number of ether oxygens (including phenoxy) is 1. The highest BCUT2D eigenvalue weighted by molar-refractivity contribution is 6.01. The molecule has 6 heteroatoms. The molecule has 4 nitrogen and oxygen atoms in total. The quantitative estimate of drug-likeness (QED) is 0.739. The minimum absolute atomic E-state index is 0.145. The topological polar surface area (TPSA) is 68.1 Å². The van der Waals surface area contributed by atoms with E-state index >= 15 is 0 Å². The van der Waals surface area contributed by atoms with Crippen molar-refractivity contribution in [2.24, 2.45) is 0 Å². The summed E-state index contributed by atoms with van der Waals surface area (Å²) in [6.45, 7) is 1.90. The number of ketones is 1. The molecule has 1 aromatic heterocycles. The number of alkyl halides is 2. The summed E-state index contributed by atoms with van der Waals surface area (Å²) >= 11 is 0. The Balaban J connectivity index is 1.69. The Morgan fingerprint density at radius 3 is 2.70 bits per heavy atom. The lowest BCUT2D eigenvalue weighted by Gasteiger charge is -2.29. The lowest BCUT2D eigenvalue weighted by atomic mass is 9.89. The molecule has 3 N–H and O–H groups in total. The molecule has 2 aromatic rings. The van der Waals surface area contributed by atoms with Gasteiger partial charge in [0.25, 0.3) is 0 Å². The summed E-state index contributed by atoms with van der Waals surface area (Å²) in [5.41, 5.74) is 10.9. The summed E-state index contributed by atoms with van der Waals surface area (Å²) in [6.07, 6.45) is 2.36. The van der Waals surface area contributed by atoms with Crippen LogP contribution in [-0.2, 0) is 6.42 Å². The highest BCUT2D eigenvalue weighted by Crippen LogP contribution is 2.41. The van der Waals surface area contributed by atoms with Crippen LogP contribution in [0.3, 0.4) is 0 Å². The average Bonchev–Trinajstić information content (AvgIpc) is 2.96. The number of fused-ring (bicyclic) bond motifs is 1. The standard InChI is InChI=1S/C21H24F2N2O2/c1-12-19-15(3-2-4-17(19)26)20(25-12)16-11-13(24)5-6-18(16)27-14-7-9-21(22,23)10-8-14/h5-6,11,14,25H,2-4,7-10,24H2,1H3. The van der Waals surface area contributed by atoms with Crippen LogP contribution in [-0.4, -0.2) is 22.8 Å². The Hall–Kier alpha value is -2.37. The van der Waals surface area contributed by atoms with Crippen molar-refractivity contribution in [3.05, 3.63) is 35.0 Å². The minimum atomic E-state index is -2.58. The van der Waals surface area contributed by atoms with Crippen LogP contribution in [0.15, 0.2) is 18.2 Å². The van der Waals surface area contributed by atoms with E-state index in [2.05, 4.69) is 4.98 Å². The molecular weight excluding hydrogens is 350 g/mol. The van der Waals surface area contributed by atoms with Crippen LogP contribution in [0.25, 0.3) is 11.3 Å². The fraction of sp³-hybridized carbons (Fsp3) is 0.476. The predicted octanol–water partition coefficient (Wildman–Crippen LogP) is 5.05. The Labute approximate surface area is 157 Å². The maximum absolute atomic E-state index is 13.4. The number of aryl methyl sites for hydroxylation is 1. The molecule has 1 saturated carbocycles. The number of hydrogen-bond acceptors (Lipinski definition) is 3. The van der Waals surface area contributed by atoms with Crippen molar-refractivity contribution >= 4 is 11.5 Å². The summed E-state index contributed by atoms with van der Waals surface area (Å²) in [5.74, 6) is -1.79. The van der Waals surface area contributed by atoms with Crippen molar-refractivity contribution in [1.82, 2.24) is 4.98 Å². The predicted molar refractivity (Wildman–Crippen MR) is 100 cm³/mol. The average molecular weight is 374 g/mol. The number of nitrogen functional groups attached to an aromatic ring is 1. The number of Topliss-reactive ketones (excluding diaryl/α,β-unsaturated/α-hetero) is 1. The number of benzene rings is 1. The van der Waals surface area contributed by atoms with Crippen LogP contribution >= 0.6 is 0 Å². The first-order chi connectivity index (χ1) is 12.8. The molecule has 0 bridgehead atoms. The summed E-state index contributed by atoms with van der Waals surface area (Å²) in [5, 5.41) is 0. The number of nitrogens with two attached hydrogens (primary N) is 1. The molecule has 2 aliphatic rings. The molecule has 0 amide bonds. The molecule has 0 radical (unpaired) electrons. The molecule has 0 aliphatic heterocycles. The maximum Gasteiger partial charge on any atom is 0.248 e. The Morgan fingerprint density at radius 2 is 1.96 bits per heavy atom. The van der Waals surface area contributed by atoms with Gasteiger partial charge < -0.3 is 15.5 Å². The van der Waals surface area contributed by atoms with Crippen molar-refractivity contribution < 1.29 is 18.3 Å². The van der Waals surface area contributed by atoms with E-state index in [0.29, 0.717) is 30.7 Å². The Kier molecular flexibility index (Phi) is 4.44. The molecule has 27 heavy (non-hydrogen) atoms. The van der Waals surface area contributed by atoms with Crippen LogP contribution < -0.4 is 10.5 Å². The van der Waals surface area contributed by atoms with Crippen molar-refractivity contribution in [1.29, 1.82) is 0 Å². The van der Waals surface area contributed by atoms with Crippen LogP contribution in [0.2, 0.25) is 0 Å². The van der Waals surface area contributed by atoms with Crippen LogP contribution in [0, 0.1) is 6.92 Å². The molecule has 2 aliphatic carbocycles. The largest absolute Gasteiger partial charge is 0.490 e. The van der Waals surface area contributed by atoms with Gasteiger partial charge in [-0.3, -0.25) is 4.79 Å². The van der Waals surface area contributed by atoms with E-state index in [1.807, 2.05) is 13.0 Å². The van der Waals surface area contributed by atoms with Gasteiger partial charge in [0, 0.05) is 41.8 Å². The molecule has 0 spiro atoms. The van der Waals surface area contributed by atoms with Gasteiger partial charge in [0.2, 0.25) is 5.92 Å². The molecule has 4 rings (SSSR count). The van der Waals surface area contributed by atoms with E-state index < -0.39 is 5.92 Å². The molecule has 1 fully saturated rings. The molecular formula is C21H24F2N2O2. The second-order valence-electron chi connectivity index (χ2n) is 7.68. The number of carbonyl (C=O) groups is 1. The van der Waals surface area contributed by atoms with Crippen molar-refractivity contribution in [3.8, 4) is 17.0 Å². The van der Waals surface area contributed by atoms with Gasteiger partial charge in [0.15, 0.2) is 5.78 Å². The molecule has 1 aromatic carbocycles. The van der Waals surface area contributed by atoms with Crippen LogP contribution in [0.1, 0.15) is 60.1 Å². The highest BCUT2D eigenvalue weighted by atomic mass is 19.3. The number of hydrogen-bond donors (Lipinski definition) is 2. The van der Waals surface area contributed by atoms with Gasteiger partial charge in [-0.1, -0.05) is 0 Å². The van der Waals surface area contributed by atoms with E-state index in [-0.39, 0.29) is 24.7 Å². The van der Waals surface area contributed by atoms with Crippen molar-refractivity contribution in [2.75, 3.05) is 5.73 Å². The van der Waals surface area contributed by atoms with Gasteiger partial charge in [0.1, 0.15) is 5.75 Å². The highest BCUT2D eigenvalue weighted by Gasteiger charge is 2.36. The van der Waals surface area contributed by atoms with Gasteiger partial charge >= 0.3 is 0 Å². The Bertz CT molecular complexity index is 879. The third kappa shape index (κ3) is 3.45. The second kappa shape index (κ2) is 6.66. The lowest BCUT2D eigenvalue weighted by Crippen LogP contribution is -2.30. The second-order valence-corrected chi connectivity index (χ2v) is 7.68. The smallest absolute Gasteiger partial charge is 0.248 e. The third-order valence-electron chi connectivity index (χ3n) is 5.63. The van der Waals surface area contributed by atoms with E-state index in [1.165, 1.54) is 0 Å². The van der Waals surface area contributed by atoms with Gasteiger partial charge in [-0.25, -0.2) is 8.78 Å². The van der Waals surface area contributed by atoms with Crippen LogP contribution in [0.5, 0.6) is 5.75 Å². The van der Waals surface area contributed by atoms with E-state index in [9.17, 15) is 13.6 Å². The molecule has 1 heterocycles. The van der Waals surface area contributed by atoms with Crippen LogP contribution in [0.4, 0.5) is 14.5 Å². The SMILES string of the molecule is Cc1[nH]c(-c2cc(N)ccc2OC2CCC(F)(F)CC2)c2c1C(=O)CCC2. The minimum Gasteiger partial charge on any atom is -0.490 e. The van der Waals surface area contributed by atoms with Gasteiger partial charge in [-0.15, -0.1) is 0 Å². The number of halogens is 2. The van der Waals surface area contributed by atoms with Crippen molar-refractivity contribution in [2.45, 2.75) is 63.9 Å². The van der Waals surface area contributed by atoms with Gasteiger partial charge in [-0.05, 0) is 56.4 Å². The first kappa shape index (κ1) is 18.0. The molecule has 0 saturated heterocycles. The molecule has 144 valence electrons. The third-order valence-corrected chi connectivity index (χ3v) is 5.63. The molecule has 0 atom stereocenters. The van der Waals surface area contributed by atoms with Gasteiger partial charge in [-0.2, -0.15) is 0 Å². The first-order valence-electron chi connectivity index (χ1n) is 9.53.